The maximum atomic E-state index is 15.0. The summed E-state index contributed by atoms with van der Waals surface area (Å²) in [5.41, 5.74) is 1.99. The summed E-state index contributed by atoms with van der Waals surface area (Å²) in [6.45, 7) is 0.227. The highest BCUT2D eigenvalue weighted by atomic mass is 32.2. The monoisotopic (exact) mass is 402 g/mol. The molecule has 138 valence electrons. The van der Waals surface area contributed by atoms with Crippen LogP contribution in [0.25, 0.3) is 21.3 Å². The number of hydrogen-bond donors (Lipinski definition) is 1. The Balaban J connectivity index is 1.59. The number of hydrogen-bond acceptors (Lipinski definition) is 6. The first kappa shape index (κ1) is 17.9. The molecule has 6 nitrogen and oxygen atoms in total. The van der Waals surface area contributed by atoms with Crippen LogP contribution >= 0.6 is 11.3 Å². The molecule has 2 aromatic heterocycles. The van der Waals surface area contributed by atoms with Crippen molar-refractivity contribution < 1.29 is 13.0 Å². The van der Waals surface area contributed by atoms with Gasteiger partial charge in [0.1, 0.15) is 10.8 Å². The van der Waals surface area contributed by atoms with Crippen molar-refractivity contribution in [1.29, 1.82) is 0 Å². The van der Waals surface area contributed by atoms with Crippen molar-refractivity contribution >= 4 is 32.5 Å². The van der Waals surface area contributed by atoms with Crippen LogP contribution in [0, 0.1) is 5.82 Å². The van der Waals surface area contributed by atoms with Crippen molar-refractivity contribution in [3.8, 4) is 11.1 Å². The fraction of sp³-hybridized carbons (Fsp3) is 0.167. The summed E-state index contributed by atoms with van der Waals surface area (Å²) >= 11 is 1.28. The van der Waals surface area contributed by atoms with Gasteiger partial charge in [-0.1, -0.05) is 30.3 Å². The van der Waals surface area contributed by atoms with Gasteiger partial charge in [0.05, 0.1) is 34.2 Å². The first-order valence-electron chi connectivity index (χ1n) is 8.11. The molecule has 9 heteroatoms. The molecule has 0 amide bonds. The topological polar surface area (TPSA) is 80.9 Å². The fourth-order valence-electron chi connectivity index (χ4n) is 2.65. The van der Waals surface area contributed by atoms with Crippen molar-refractivity contribution in [2.45, 2.75) is 13.0 Å². The summed E-state index contributed by atoms with van der Waals surface area (Å²) in [6, 6.07) is 13.0. The van der Waals surface area contributed by atoms with Crippen molar-refractivity contribution in [1.82, 2.24) is 19.9 Å². The SMILES string of the molecule is CS(=O)NCc1nnc(Cc2nc3ccc(-c4ccccc4)c(F)c3s2)o1. The summed E-state index contributed by atoms with van der Waals surface area (Å²) in [5, 5.41) is 8.55. The lowest BCUT2D eigenvalue weighted by atomic mass is 10.1. The van der Waals surface area contributed by atoms with Gasteiger partial charge < -0.3 is 4.42 Å². The van der Waals surface area contributed by atoms with E-state index in [1.54, 1.807) is 6.07 Å². The van der Waals surface area contributed by atoms with Gasteiger partial charge in [0.2, 0.25) is 11.8 Å². The molecule has 0 fully saturated rings. The summed E-state index contributed by atoms with van der Waals surface area (Å²) < 4.78 is 34.7. The van der Waals surface area contributed by atoms with Gasteiger partial charge in [-0.05, 0) is 17.7 Å². The lowest BCUT2D eigenvalue weighted by Gasteiger charge is -2.03. The van der Waals surface area contributed by atoms with Crippen LogP contribution in [0.2, 0.25) is 0 Å². The molecular formula is C18H15FN4O2S2. The number of thiazole rings is 1. The largest absolute Gasteiger partial charge is 0.423 e. The quantitative estimate of drug-likeness (QED) is 0.534. The molecule has 0 aliphatic heterocycles. The number of benzene rings is 2. The van der Waals surface area contributed by atoms with Gasteiger partial charge >= 0.3 is 0 Å². The molecule has 0 spiro atoms. The molecule has 0 saturated heterocycles. The van der Waals surface area contributed by atoms with E-state index in [-0.39, 0.29) is 12.4 Å². The Morgan fingerprint density at radius 1 is 1.15 bits per heavy atom. The smallest absolute Gasteiger partial charge is 0.231 e. The molecule has 2 heterocycles. The van der Waals surface area contributed by atoms with Crippen molar-refractivity contribution in [2.24, 2.45) is 0 Å². The first-order chi connectivity index (χ1) is 13.1. The van der Waals surface area contributed by atoms with Crippen LogP contribution in [0.15, 0.2) is 46.9 Å². The number of nitrogens with one attached hydrogen (secondary N) is 1. The molecule has 1 N–H and O–H groups in total. The van der Waals surface area contributed by atoms with Crippen LogP contribution in [-0.2, 0) is 24.0 Å². The van der Waals surface area contributed by atoms with E-state index in [4.69, 9.17) is 4.42 Å². The Kier molecular flexibility index (Phi) is 5.06. The Morgan fingerprint density at radius 3 is 2.70 bits per heavy atom. The van der Waals surface area contributed by atoms with Crippen molar-refractivity contribution in [3.63, 3.8) is 0 Å². The highest BCUT2D eigenvalue weighted by Gasteiger charge is 2.16. The zero-order chi connectivity index (χ0) is 18.8. The number of rotatable bonds is 6. The van der Waals surface area contributed by atoms with Crippen molar-refractivity contribution in [3.05, 3.63) is 65.1 Å². The van der Waals surface area contributed by atoms with Gasteiger partial charge in [0.15, 0.2) is 0 Å². The van der Waals surface area contributed by atoms with E-state index in [2.05, 4.69) is 19.9 Å². The lowest BCUT2D eigenvalue weighted by Crippen LogP contribution is -2.14. The second-order valence-corrected chi connectivity index (χ2v) is 8.07. The van der Waals surface area contributed by atoms with E-state index in [0.717, 1.165) is 5.56 Å². The normalized spacial score (nSPS) is 12.5. The minimum atomic E-state index is -1.16. The number of aromatic nitrogens is 3. The molecule has 1 atom stereocenters. The third kappa shape index (κ3) is 3.95. The minimum absolute atomic E-state index is 0.227. The van der Waals surface area contributed by atoms with Crippen LogP contribution in [0.3, 0.4) is 0 Å². The molecule has 2 aromatic carbocycles. The Hall–Kier alpha value is -2.49. The zero-order valence-corrected chi connectivity index (χ0v) is 15.9. The molecule has 0 aliphatic rings. The average molecular weight is 402 g/mol. The van der Waals surface area contributed by atoms with E-state index in [1.165, 1.54) is 17.6 Å². The molecular weight excluding hydrogens is 387 g/mol. The second-order valence-electron chi connectivity index (χ2n) is 5.79. The fourth-order valence-corrected chi connectivity index (χ4v) is 3.97. The predicted octanol–water partition coefficient (Wildman–Crippen LogP) is 3.46. The molecule has 4 aromatic rings. The van der Waals surface area contributed by atoms with E-state index >= 15 is 0 Å². The minimum Gasteiger partial charge on any atom is -0.423 e. The van der Waals surface area contributed by atoms with E-state index in [1.807, 2.05) is 36.4 Å². The highest BCUT2D eigenvalue weighted by Crippen LogP contribution is 2.32. The van der Waals surface area contributed by atoms with Gasteiger partial charge in [-0.15, -0.1) is 21.5 Å². The molecule has 0 saturated carbocycles. The number of fused-ring (bicyclic) bond motifs is 1. The third-order valence-electron chi connectivity index (χ3n) is 3.86. The summed E-state index contributed by atoms with van der Waals surface area (Å²) in [4.78, 5) is 4.47. The Labute approximate surface area is 161 Å². The van der Waals surface area contributed by atoms with Crippen molar-refractivity contribution in [2.75, 3.05) is 6.26 Å². The Morgan fingerprint density at radius 2 is 1.93 bits per heavy atom. The van der Waals surface area contributed by atoms with Gasteiger partial charge in [-0.25, -0.2) is 18.3 Å². The molecule has 0 aliphatic carbocycles. The molecule has 27 heavy (non-hydrogen) atoms. The molecule has 0 bridgehead atoms. The number of nitrogens with zero attached hydrogens (tertiary/aromatic N) is 3. The maximum Gasteiger partial charge on any atom is 0.231 e. The van der Waals surface area contributed by atoms with Crippen LogP contribution in [0.1, 0.15) is 16.8 Å². The molecule has 0 radical (unpaired) electrons. The van der Waals surface area contributed by atoms with Gasteiger partial charge in [0, 0.05) is 11.8 Å². The first-order valence-corrected chi connectivity index (χ1v) is 10.5. The number of halogens is 1. The third-order valence-corrected chi connectivity index (χ3v) is 5.48. The van der Waals surface area contributed by atoms with Crippen LogP contribution in [-0.4, -0.2) is 25.6 Å². The zero-order valence-electron chi connectivity index (χ0n) is 14.3. The maximum absolute atomic E-state index is 15.0. The van der Waals surface area contributed by atoms with Gasteiger partial charge in [0.25, 0.3) is 0 Å². The summed E-state index contributed by atoms with van der Waals surface area (Å²) in [6.07, 6.45) is 1.85. The Bertz CT molecular complexity index is 1110. The van der Waals surface area contributed by atoms with Crippen LogP contribution < -0.4 is 4.72 Å². The van der Waals surface area contributed by atoms with E-state index < -0.39 is 11.0 Å². The summed E-state index contributed by atoms with van der Waals surface area (Å²) in [5.74, 6) is 0.457. The summed E-state index contributed by atoms with van der Waals surface area (Å²) in [7, 11) is -1.16. The lowest BCUT2D eigenvalue weighted by molar-refractivity contribution is 0.454. The van der Waals surface area contributed by atoms with Crippen LogP contribution in [0.4, 0.5) is 4.39 Å². The molecule has 4 rings (SSSR count). The highest BCUT2D eigenvalue weighted by molar-refractivity contribution is 7.82. The molecule has 1 unspecified atom stereocenters. The standard InChI is InChI=1S/C18H15FN4O2S2/c1-27(24)20-10-15-23-22-14(25-15)9-16-21-13-8-7-12(17(19)18(13)26-16)11-5-3-2-4-6-11/h2-8,20H,9-10H2,1H3. The van der Waals surface area contributed by atoms with Gasteiger partial charge in [-0.2, -0.15) is 0 Å². The average Bonchev–Trinajstić information content (AvgIpc) is 3.28. The van der Waals surface area contributed by atoms with Gasteiger partial charge in [-0.3, -0.25) is 0 Å². The second kappa shape index (κ2) is 7.63. The van der Waals surface area contributed by atoms with E-state index in [9.17, 15) is 8.60 Å². The van der Waals surface area contributed by atoms with Crippen LogP contribution in [0.5, 0.6) is 0 Å². The predicted molar refractivity (Wildman–Crippen MR) is 103 cm³/mol. The van der Waals surface area contributed by atoms with E-state index in [0.29, 0.717) is 39.0 Å².